The van der Waals surface area contributed by atoms with Crippen molar-refractivity contribution in [1.82, 2.24) is 0 Å². The van der Waals surface area contributed by atoms with Crippen LogP contribution in [0.1, 0.15) is 15.9 Å². The summed E-state index contributed by atoms with van der Waals surface area (Å²) in [6, 6.07) is 23.9. The molecular weight excluding hydrogens is 338 g/mol. The highest BCUT2D eigenvalue weighted by Gasteiger charge is 2.07. The largest absolute Gasteiger partial charge is 0.376 e. The van der Waals surface area contributed by atoms with Gasteiger partial charge in [0.25, 0.3) is 5.91 Å². The predicted octanol–water partition coefficient (Wildman–Crippen LogP) is 4.30. The molecule has 0 heterocycles. The van der Waals surface area contributed by atoms with Crippen LogP contribution in [0.4, 0.5) is 17.1 Å². The summed E-state index contributed by atoms with van der Waals surface area (Å²) in [5.41, 5.74) is 3.87. The maximum atomic E-state index is 12.2. The van der Waals surface area contributed by atoms with E-state index in [1.807, 2.05) is 49.4 Å². The number of nitrogens with one attached hydrogen (secondary N) is 3. The van der Waals surface area contributed by atoms with Gasteiger partial charge < -0.3 is 16.0 Å². The second-order valence-corrected chi connectivity index (χ2v) is 6.17. The van der Waals surface area contributed by atoms with Crippen molar-refractivity contribution in [2.45, 2.75) is 6.92 Å². The first-order chi connectivity index (χ1) is 13.1. The zero-order valence-corrected chi connectivity index (χ0v) is 15.0. The number of rotatable bonds is 6. The lowest BCUT2D eigenvalue weighted by molar-refractivity contribution is -0.114. The minimum absolute atomic E-state index is 0.156. The van der Waals surface area contributed by atoms with Gasteiger partial charge in [0.05, 0.1) is 6.54 Å². The van der Waals surface area contributed by atoms with Crippen LogP contribution < -0.4 is 16.0 Å². The minimum atomic E-state index is -0.194. The number of benzene rings is 3. The molecule has 3 aromatic rings. The molecule has 0 saturated carbocycles. The van der Waals surface area contributed by atoms with E-state index >= 15 is 0 Å². The molecule has 0 aliphatic rings. The van der Waals surface area contributed by atoms with E-state index in [1.54, 1.807) is 36.4 Å². The Kier molecular flexibility index (Phi) is 5.84. The monoisotopic (exact) mass is 359 g/mol. The summed E-state index contributed by atoms with van der Waals surface area (Å²) < 4.78 is 0. The Morgan fingerprint density at radius 3 is 2.11 bits per heavy atom. The molecule has 136 valence electrons. The number of aryl methyl sites for hydroxylation is 1. The summed E-state index contributed by atoms with van der Waals surface area (Å²) in [4.78, 5) is 24.4. The summed E-state index contributed by atoms with van der Waals surface area (Å²) in [6.45, 7) is 2.17. The molecule has 0 aliphatic carbocycles. The van der Waals surface area contributed by atoms with Gasteiger partial charge in [-0.2, -0.15) is 0 Å². The number of hydrogen-bond donors (Lipinski definition) is 3. The van der Waals surface area contributed by atoms with E-state index in [0.29, 0.717) is 16.9 Å². The van der Waals surface area contributed by atoms with Gasteiger partial charge in [-0.15, -0.1) is 0 Å². The molecule has 0 aliphatic heterocycles. The van der Waals surface area contributed by atoms with E-state index < -0.39 is 0 Å². The van der Waals surface area contributed by atoms with Gasteiger partial charge in [0.1, 0.15) is 0 Å². The van der Waals surface area contributed by atoms with Crippen molar-refractivity contribution >= 4 is 28.9 Å². The Bertz CT molecular complexity index is 922. The zero-order valence-electron chi connectivity index (χ0n) is 15.0. The smallest absolute Gasteiger partial charge is 0.255 e. The van der Waals surface area contributed by atoms with Crippen molar-refractivity contribution in [1.29, 1.82) is 0 Å². The van der Waals surface area contributed by atoms with Crippen LogP contribution in [0.15, 0.2) is 78.9 Å². The van der Waals surface area contributed by atoms with Crippen molar-refractivity contribution in [3.63, 3.8) is 0 Å². The third-order valence-electron chi connectivity index (χ3n) is 3.94. The van der Waals surface area contributed by atoms with Gasteiger partial charge in [0, 0.05) is 22.6 Å². The topological polar surface area (TPSA) is 70.2 Å². The molecule has 0 spiro atoms. The van der Waals surface area contributed by atoms with Crippen LogP contribution >= 0.6 is 0 Å². The van der Waals surface area contributed by atoms with Crippen molar-refractivity contribution < 1.29 is 9.59 Å². The van der Waals surface area contributed by atoms with Gasteiger partial charge in [-0.05, 0) is 49.4 Å². The van der Waals surface area contributed by atoms with E-state index in [0.717, 1.165) is 5.69 Å². The van der Waals surface area contributed by atoms with Crippen molar-refractivity contribution in [2.75, 3.05) is 22.5 Å². The molecule has 0 fully saturated rings. The van der Waals surface area contributed by atoms with Gasteiger partial charge >= 0.3 is 0 Å². The number of hydrogen-bond acceptors (Lipinski definition) is 3. The van der Waals surface area contributed by atoms with Crippen LogP contribution in [0.3, 0.4) is 0 Å². The van der Waals surface area contributed by atoms with Crippen LogP contribution in [0, 0.1) is 6.92 Å². The van der Waals surface area contributed by atoms with E-state index in [9.17, 15) is 9.59 Å². The average molecular weight is 359 g/mol. The second-order valence-electron chi connectivity index (χ2n) is 6.17. The van der Waals surface area contributed by atoms with Gasteiger partial charge in [-0.25, -0.2) is 0 Å². The first-order valence-electron chi connectivity index (χ1n) is 8.67. The molecule has 3 aromatic carbocycles. The van der Waals surface area contributed by atoms with Gasteiger partial charge in [0.15, 0.2) is 0 Å². The van der Waals surface area contributed by atoms with Crippen molar-refractivity contribution in [3.8, 4) is 0 Å². The first-order valence-corrected chi connectivity index (χ1v) is 8.67. The van der Waals surface area contributed by atoms with Crippen LogP contribution in [-0.4, -0.2) is 18.4 Å². The summed E-state index contributed by atoms with van der Waals surface area (Å²) in [5.74, 6) is -0.359. The van der Waals surface area contributed by atoms with Crippen LogP contribution in [0.25, 0.3) is 0 Å². The average Bonchev–Trinajstić information content (AvgIpc) is 2.68. The Labute approximate surface area is 158 Å². The van der Waals surface area contributed by atoms with E-state index in [4.69, 9.17) is 0 Å². The number of carbonyl (C=O) groups is 2. The van der Waals surface area contributed by atoms with Gasteiger partial charge in [-0.1, -0.05) is 42.0 Å². The molecule has 3 N–H and O–H groups in total. The minimum Gasteiger partial charge on any atom is -0.376 e. The van der Waals surface area contributed by atoms with Crippen LogP contribution in [0.5, 0.6) is 0 Å². The van der Waals surface area contributed by atoms with Gasteiger partial charge in [-0.3, -0.25) is 9.59 Å². The fourth-order valence-electron chi connectivity index (χ4n) is 2.53. The Hall–Kier alpha value is -3.60. The number of carbonyl (C=O) groups excluding carboxylic acids is 2. The van der Waals surface area contributed by atoms with Crippen molar-refractivity contribution in [2.24, 2.45) is 0 Å². The third kappa shape index (κ3) is 5.44. The second kappa shape index (κ2) is 8.67. The Balaban J connectivity index is 1.56. The Morgan fingerprint density at radius 2 is 1.41 bits per heavy atom. The summed E-state index contributed by atoms with van der Waals surface area (Å²) in [5, 5.41) is 8.73. The molecule has 0 radical (unpaired) electrons. The highest BCUT2D eigenvalue weighted by atomic mass is 16.2. The molecule has 3 rings (SSSR count). The molecule has 0 aromatic heterocycles. The van der Waals surface area contributed by atoms with Crippen molar-refractivity contribution in [3.05, 3.63) is 90.0 Å². The van der Waals surface area contributed by atoms with Crippen LogP contribution in [0.2, 0.25) is 0 Å². The molecular formula is C22H21N3O2. The van der Waals surface area contributed by atoms with Gasteiger partial charge in [0.2, 0.25) is 5.91 Å². The fraction of sp³-hybridized carbons (Fsp3) is 0.0909. The molecule has 0 atom stereocenters. The maximum Gasteiger partial charge on any atom is 0.255 e. The molecule has 0 saturated heterocycles. The number of anilines is 3. The fourth-order valence-corrected chi connectivity index (χ4v) is 2.53. The SMILES string of the molecule is Cc1ccc(NCC(=O)Nc2cccc(NC(=O)c3ccccc3)c2)cc1. The maximum absolute atomic E-state index is 12.2. The Morgan fingerprint density at radius 1 is 0.741 bits per heavy atom. The molecule has 0 unspecified atom stereocenters. The predicted molar refractivity (Wildman–Crippen MR) is 109 cm³/mol. The first kappa shape index (κ1) is 18.2. The summed E-state index contributed by atoms with van der Waals surface area (Å²) in [7, 11) is 0. The normalized spacial score (nSPS) is 10.1. The lowest BCUT2D eigenvalue weighted by Crippen LogP contribution is -2.21. The number of amides is 2. The van der Waals surface area contributed by atoms with E-state index in [2.05, 4.69) is 16.0 Å². The third-order valence-corrected chi connectivity index (χ3v) is 3.94. The summed E-state index contributed by atoms with van der Waals surface area (Å²) in [6.07, 6.45) is 0. The van der Waals surface area contributed by atoms with E-state index in [-0.39, 0.29) is 18.4 Å². The van der Waals surface area contributed by atoms with Crippen LogP contribution in [-0.2, 0) is 4.79 Å². The molecule has 2 amide bonds. The molecule has 5 heteroatoms. The summed E-state index contributed by atoms with van der Waals surface area (Å²) >= 11 is 0. The molecule has 27 heavy (non-hydrogen) atoms. The molecule has 0 bridgehead atoms. The lowest BCUT2D eigenvalue weighted by Gasteiger charge is -2.10. The quantitative estimate of drug-likeness (QED) is 0.615. The zero-order chi connectivity index (χ0) is 19.1. The lowest BCUT2D eigenvalue weighted by atomic mass is 10.2. The highest BCUT2D eigenvalue weighted by Crippen LogP contribution is 2.16. The highest BCUT2D eigenvalue weighted by molar-refractivity contribution is 6.04. The molecule has 5 nitrogen and oxygen atoms in total. The standard InChI is InChI=1S/C22H21N3O2/c1-16-10-12-18(13-11-16)23-15-21(26)24-19-8-5-9-20(14-19)25-22(27)17-6-3-2-4-7-17/h2-14,23H,15H2,1H3,(H,24,26)(H,25,27). The van der Waals surface area contributed by atoms with E-state index in [1.165, 1.54) is 5.56 Å².